The Morgan fingerprint density at radius 1 is 1.60 bits per heavy atom. The maximum atomic E-state index is 12.3. The first-order valence-electron chi connectivity index (χ1n) is 7.25. The van der Waals surface area contributed by atoms with Crippen LogP contribution >= 0.6 is 15.9 Å². The second kappa shape index (κ2) is 7.27. The van der Waals surface area contributed by atoms with Crippen LogP contribution in [-0.2, 0) is 11.3 Å². The Hall–Kier alpha value is -0.810. The van der Waals surface area contributed by atoms with E-state index in [0.717, 1.165) is 18.8 Å². The highest BCUT2D eigenvalue weighted by atomic mass is 79.9. The van der Waals surface area contributed by atoms with Gasteiger partial charge in [0.25, 0.3) is 0 Å². The molecule has 2 atom stereocenters. The van der Waals surface area contributed by atoms with Gasteiger partial charge < -0.3 is 14.6 Å². The van der Waals surface area contributed by atoms with Crippen molar-refractivity contribution in [3.8, 4) is 0 Å². The summed E-state index contributed by atoms with van der Waals surface area (Å²) in [4.78, 5) is 14.0. The van der Waals surface area contributed by atoms with Crippen LogP contribution in [0, 0.1) is 11.8 Å². The minimum Gasteiger partial charge on any atom is -0.452 e. The van der Waals surface area contributed by atoms with Gasteiger partial charge in [0.15, 0.2) is 4.67 Å². The van der Waals surface area contributed by atoms with Crippen LogP contribution in [-0.4, -0.2) is 30.9 Å². The fraction of sp³-hybridized carbons (Fsp3) is 0.667. The smallest absolute Gasteiger partial charge is 0.222 e. The van der Waals surface area contributed by atoms with Crippen molar-refractivity contribution in [2.45, 2.75) is 32.7 Å². The van der Waals surface area contributed by atoms with Crippen molar-refractivity contribution in [3.63, 3.8) is 0 Å². The lowest BCUT2D eigenvalue weighted by atomic mass is 9.85. The number of rotatable bonds is 5. The molecule has 1 saturated heterocycles. The number of furan rings is 1. The van der Waals surface area contributed by atoms with Gasteiger partial charge in [-0.2, -0.15) is 0 Å². The average molecular weight is 343 g/mol. The lowest BCUT2D eigenvalue weighted by Gasteiger charge is -2.29. The Labute approximate surface area is 129 Å². The highest BCUT2D eigenvalue weighted by molar-refractivity contribution is 9.10. The van der Waals surface area contributed by atoms with Crippen molar-refractivity contribution < 1.29 is 9.21 Å². The number of carbonyl (C=O) groups is 1. The predicted molar refractivity (Wildman–Crippen MR) is 82.3 cm³/mol. The van der Waals surface area contributed by atoms with E-state index in [1.807, 2.05) is 19.2 Å². The number of hydrogen-bond acceptors (Lipinski definition) is 3. The monoisotopic (exact) mass is 342 g/mol. The third-order valence-electron chi connectivity index (χ3n) is 4.08. The van der Waals surface area contributed by atoms with Crippen LogP contribution in [0.2, 0.25) is 0 Å². The van der Waals surface area contributed by atoms with E-state index < -0.39 is 0 Å². The van der Waals surface area contributed by atoms with E-state index in [0.29, 0.717) is 29.5 Å². The molecule has 1 fully saturated rings. The van der Waals surface area contributed by atoms with Gasteiger partial charge in [-0.1, -0.05) is 6.92 Å². The Balaban J connectivity index is 1.80. The molecule has 1 N–H and O–H groups in total. The maximum Gasteiger partial charge on any atom is 0.222 e. The van der Waals surface area contributed by atoms with Gasteiger partial charge in [0.2, 0.25) is 5.91 Å². The van der Waals surface area contributed by atoms with Crippen molar-refractivity contribution in [3.05, 3.63) is 22.6 Å². The number of hydrogen-bond donors (Lipinski definition) is 1. The summed E-state index contributed by atoms with van der Waals surface area (Å²) in [5.41, 5.74) is 0. The number of halogens is 1. The van der Waals surface area contributed by atoms with Gasteiger partial charge in [-0.3, -0.25) is 4.79 Å². The highest BCUT2D eigenvalue weighted by Gasteiger charge is 2.23. The summed E-state index contributed by atoms with van der Waals surface area (Å²) >= 11 is 3.27. The molecule has 5 heteroatoms. The molecule has 1 aliphatic heterocycles. The topological polar surface area (TPSA) is 45.5 Å². The Morgan fingerprint density at radius 2 is 2.40 bits per heavy atom. The van der Waals surface area contributed by atoms with Crippen LogP contribution in [0.4, 0.5) is 0 Å². The quantitative estimate of drug-likeness (QED) is 0.894. The van der Waals surface area contributed by atoms with Crippen molar-refractivity contribution in [1.82, 2.24) is 10.2 Å². The van der Waals surface area contributed by atoms with Gasteiger partial charge >= 0.3 is 0 Å². The molecular formula is C15H23BrN2O2. The average Bonchev–Trinajstić information content (AvgIpc) is 2.85. The summed E-state index contributed by atoms with van der Waals surface area (Å²) in [5.74, 6) is 2.05. The van der Waals surface area contributed by atoms with Crippen LogP contribution in [0.25, 0.3) is 0 Å². The summed E-state index contributed by atoms with van der Waals surface area (Å²) in [6.45, 7) is 4.88. The van der Waals surface area contributed by atoms with Gasteiger partial charge in [0, 0.05) is 13.5 Å². The number of amides is 1. The molecule has 2 unspecified atom stereocenters. The molecule has 2 heterocycles. The Morgan fingerprint density at radius 3 is 3.00 bits per heavy atom. The lowest BCUT2D eigenvalue weighted by molar-refractivity contribution is -0.132. The molecule has 0 aliphatic carbocycles. The van der Waals surface area contributed by atoms with E-state index >= 15 is 0 Å². The first-order valence-corrected chi connectivity index (χ1v) is 8.04. The number of nitrogens with one attached hydrogen (secondary N) is 1. The van der Waals surface area contributed by atoms with Gasteiger partial charge in [0.05, 0.1) is 6.54 Å². The Kier molecular flexibility index (Phi) is 5.66. The minimum absolute atomic E-state index is 0.190. The first-order chi connectivity index (χ1) is 9.56. The van der Waals surface area contributed by atoms with E-state index in [9.17, 15) is 4.79 Å². The molecule has 1 aliphatic rings. The third kappa shape index (κ3) is 4.35. The van der Waals surface area contributed by atoms with E-state index in [2.05, 4.69) is 28.2 Å². The molecule has 1 amide bonds. The minimum atomic E-state index is 0.190. The van der Waals surface area contributed by atoms with Crippen molar-refractivity contribution >= 4 is 21.8 Å². The molecule has 0 saturated carbocycles. The summed E-state index contributed by atoms with van der Waals surface area (Å²) in [7, 11) is 1.84. The second-order valence-corrected chi connectivity index (χ2v) is 6.53. The molecule has 1 aromatic heterocycles. The Bertz CT molecular complexity index is 441. The summed E-state index contributed by atoms with van der Waals surface area (Å²) in [6, 6.07) is 3.74. The molecule has 112 valence electrons. The molecule has 20 heavy (non-hydrogen) atoms. The molecule has 2 rings (SSSR count). The lowest BCUT2D eigenvalue weighted by Crippen LogP contribution is -2.36. The van der Waals surface area contributed by atoms with Crippen LogP contribution < -0.4 is 5.32 Å². The molecule has 0 radical (unpaired) electrons. The van der Waals surface area contributed by atoms with Crippen LogP contribution in [0.1, 0.15) is 31.9 Å². The molecule has 0 spiro atoms. The number of piperidine rings is 1. The van der Waals surface area contributed by atoms with Gasteiger partial charge in [-0.05, 0) is 65.8 Å². The van der Waals surface area contributed by atoms with Crippen LogP contribution in [0.15, 0.2) is 21.2 Å². The molecular weight excluding hydrogens is 320 g/mol. The fourth-order valence-corrected chi connectivity index (χ4v) is 3.06. The largest absolute Gasteiger partial charge is 0.452 e. The van der Waals surface area contributed by atoms with E-state index in [1.54, 1.807) is 4.90 Å². The zero-order chi connectivity index (χ0) is 14.5. The van der Waals surface area contributed by atoms with Crippen molar-refractivity contribution in [2.24, 2.45) is 11.8 Å². The summed E-state index contributed by atoms with van der Waals surface area (Å²) < 4.78 is 6.14. The van der Waals surface area contributed by atoms with E-state index in [4.69, 9.17) is 4.42 Å². The maximum absolute atomic E-state index is 12.3. The fourth-order valence-electron chi connectivity index (χ4n) is 2.72. The predicted octanol–water partition coefficient (Wildman–Crippen LogP) is 3.03. The molecule has 0 aromatic carbocycles. The van der Waals surface area contributed by atoms with Crippen molar-refractivity contribution in [2.75, 3.05) is 20.1 Å². The summed E-state index contributed by atoms with van der Waals surface area (Å²) in [5, 5.41) is 3.42. The normalized spacial score (nSPS) is 20.6. The first kappa shape index (κ1) is 15.6. The van der Waals surface area contributed by atoms with Crippen molar-refractivity contribution in [1.29, 1.82) is 0 Å². The molecule has 0 bridgehead atoms. The number of nitrogens with zero attached hydrogens (tertiary/aromatic N) is 1. The van der Waals surface area contributed by atoms with E-state index in [1.165, 1.54) is 12.8 Å². The van der Waals surface area contributed by atoms with Gasteiger partial charge in [-0.25, -0.2) is 0 Å². The van der Waals surface area contributed by atoms with E-state index in [-0.39, 0.29) is 5.91 Å². The molecule has 4 nitrogen and oxygen atoms in total. The highest BCUT2D eigenvalue weighted by Crippen LogP contribution is 2.23. The standard InChI is InChI=1S/C15H23BrN2O2/c1-11(12-4-3-7-17-9-12)8-15(19)18(2)10-13-5-6-14(16)20-13/h5-6,11-12,17H,3-4,7-10H2,1-2H3. The van der Waals surface area contributed by atoms with Crippen LogP contribution in [0.5, 0.6) is 0 Å². The molecule has 1 aromatic rings. The second-order valence-electron chi connectivity index (χ2n) is 5.74. The zero-order valence-electron chi connectivity index (χ0n) is 12.2. The van der Waals surface area contributed by atoms with Gasteiger partial charge in [0.1, 0.15) is 5.76 Å². The SMILES string of the molecule is CC(CC(=O)N(C)Cc1ccc(Br)o1)C1CCCNC1. The third-order valence-corrected chi connectivity index (χ3v) is 4.51. The zero-order valence-corrected chi connectivity index (χ0v) is 13.8. The van der Waals surface area contributed by atoms with Crippen LogP contribution in [0.3, 0.4) is 0 Å². The number of carbonyl (C=O) groups excluding carboxylic acids is 1. The van der Waals surface area contributed by atoms with Gasteiger partial charge in [-0.15, -0.1) is 0 Å². The summed E-state index contributed by atoms with van der Waals surface area (Å²) in [6.07, 6.45) is 3.07.